The first-order valence-electron chi connectivity index (χ1n) is 4.87. The van der Waals surface area contributed by atoms with Crippen molar-refractivity contribution in [2.45, 2.75) is 25.4 Å². The van der Waals surface area contributed by atoms with Crippen molar-refractivity contribution in [2.24, 2.45) is 0 Å². The zero-order chi connectivity index (χ0) is 11.7. The molecule has 1 aromatic carbocycles. The average molecular weight is 334 g/mol. The lowest BCUT2D eigenvalue weighted by Crippen LogP contribution is -2.26. The van der Waals surface area contributed by atoms with Gasteiger partial charge < -0.3 is 14.6 Å². The molecule has 2 rings (SSSR count). The van der Waals surface area contributed by atoms with Gasteiger partial charge in [0, 0.05) is 3.57 Å². The molecule has 0 spiro atoms. The largest absolute Gasteiger partial charge is 0.479 e. The first-order chi connectivity index (χ1) is 7.59. The van der Waals surface area contributed by atoms with Gasteiger partial charge in [0.15, 0.2) is 12.4 Å². The molecule has 0 radical (unpaired) electrons. The molecule has 3 atom stereocenters. The van der Waals surface area contributed by atoms with E-state index in [1.54, 1.807) is 6.92 Å². The Kier molecular flexibility index (Phi) is 3.46. The predicted octanol–water partition coefficient (Wildman–Crippen LogP) is 2.18. The normalized spacial score (nSPS) is 29.2. The molecule has 1 saturated heterocycles. The molecule has 1 fully saturated rings. The molecule has 1 aliphatic heterocycles. The van der Waals surface area contributed by atoms with Crippen LogP contribution in [-0.4, -0.2) is 23.5 Å². The Hall–Kier alpha value is -0.660. The van der Waals surface area contributed by atoms with E-state index >= 15 is 0 Å². The van der Waals surface area contributed by atoms with E-state index in [1.165, 1.54) is 0 Å². The van der Waals surface area contributed by atoms with Gasteiger partial charge in [-0.05, 0) is 41.1 Å². The Morgan fingerprint density at radius 2 is 2.06 bits per heavy atom. The van der Waals surface area contributed by atoms with Gasteiger partial charge in [-0.1, -0.05) is 18.2 Å². The Labute approximate surface area is 107 Å². The summed E-state index contributed by atoms with van der Waals surface area (Å²) in [4.78, 5) is 11.0. The van der Waals surface area contributed by atoms with E-state index in [9.17, 15) is 4.79 Å². The van der Waals surface area contributed by atoms with Gasteiger partial charge in [0.2, 0.25) is 0 Å². The molecule has 0 aliphatic carbocycles. The maximum absolute atomic E-state index is 11.0. The van der Waals surface area contributed by atoms with Crippen LogP contribution >= 0.6 is 22.6 Å². The van der Waals surface area contributed by atoms with E-state index < -0.39 is 24.5 Å². The Balaban J connectivity index is 2.33. The van der Waals surface area contributed by atoms with Crippen LogP contribution in [0, 0.1) is 3.57 Å². The molecule has 1 N–H and O–H groups in total. The van der Waals surface area contributed by atoms with E-state index in [2.05, 4.69) is 22.6 Å². The molecule has 1 aliphatic rings. The molecular weight excluding hydrogens is 323 g/mol. The summed E-state index contributed by atoms with van der Waals surface area (Å²) in [6.07, 6.45) is -1.94. The highest BCUT2D eigenvalue weighted by Gasteiger charge is 2.40. The number of hydrogen-bond donors (Lipinski definition) is 1. The highest BCUT2D eigenvalue weighted by Crippen LogP contribution is 2.34. The van der Waals surface area contributed by atoms with Gasteiger partial charge in [0.1, 0.15) is 6.10 Å². The fourth-order valence-electron chi connectivity index (χ4n) is 1.72. The lowest BCUT2D eigenvalue weighted by atomic mass is 10.1. The van der Waals surface area contributed by atoms with Crippen LogP contribution in [0.1, 0.15) is 18.6 Å². The van der Waals surface area contributed by atoms with Gasteiger partial charge >= 0.3 is 5.97 Å². The van der Waals surface area contributed by atoms with Crippen LogP contribution < -0.4 is 0 Å². The van der Waals surface area contributed by atoms with Crippen molar-refractivity contribution in [3.05, 3.63) is 33.4 Å². The van der Waals surface area contributed by atoms with Crippen LogP contribution in [0.3, 0.4) is 0 Å². The average Bonchev–Trinajstić information content (AvgIpc) is 2.61. The second-order valence-electron chi connectivity index (χ2n) is 3.54. The van der Waals surface area contributed by atoms with E-state index in [4.69, 9.17) is 14.6 Å². The van der Waals surface area contributed by atoms with Gasteiger partial charge in [-0.2, -0.15) is 0 Å². The van der Waals surface area contributed by atoms with E-state index in [0.717, 1.165) is 9.13 Å². The van der Waals surface area contributed by atoms with Crippen molar-refractivity contribution in [2.75, 3.05) is 0 Å². The van der Waals surface area contributed by atoms with E-state index in [-0.39, 0.29) is 0 Å². The number of carboxylic acid groups (broad SMARTS) is 1. The SMILES string of the molecule is CC1OC(C(=O)O)C(c2ccccc2I)O1. The molecule has 1 aromatic rings. The lowest BCUT2D eigenvalue weighted by molar-refractivity contribution is -0.150. The number of hydrogen-bond acceptors (Lipinski definition) is 3. The predicted molar refractivity (Wildman–Crippen MR) is 65.0 cm³/mol. The van der Waals surface area contributed by atoms with Crippen molar-refractivity contribution < 1.29 is 19.4 Å². The third-order valence-corrected chi connectivity index (χ3v) is 3.39. The Morgan fingerprint density at radius 3 is 2.69 bits per heavy atom. The van der Waals surface area contributed by atoms with Crippen molar-refractivity contribution in [3.8, 4) is 0 Å². The maximum Gasteiger partial charge on any atom is 0.336 e. The van der Waals surface area contributed by atoms with E-state index in [0.29, 0.717) is 0 Å². The minimum Gasteiger partial charge on any atom is -0.479 e. The number of halogens is 1. The molecule has 0 bridgehead atoms. The first kappa shape index (κ1) is 11.8. The third-order valence-electron chi connectivity index (χ3n) is 2.41. The van der Waals surface area contributed by atoms with Gasteiger partial charge in [-0.3, -0.25) is 0 Å². The lowest BCUT2D eigenvalue weighted by Gasteiger charge is -2.14. The summed E-state index contributed by atoms with van der Waals surface area (Å²) in [5.41, 5.74) is 0.861. The third kappa shape index (κ3) is 2.21. The summed E-state index contributed by atoms with van der Waals surface area (Å²) in [5, 5.41) is 9.05. The summed E-state index contributed by atoms with van der Waals surface area (Å²) in [6, 6.07) is 7.55. The molecule has 16 heavy (non-hydrogen) atoms. The zero-order valence-corrected chi connectivity index (χ0v) is 10.7. The molecule has 86 valence electrons. The van der Waals surface area contributed by atoms with Gasteiger partial charge in [-0.25, -0.2) is 4.79 Å². The van der Waals surface area contributed by atoms with Crippen LogP contribution in [-0.2, 0) is 14.3 Å². The highest BCUT2D eigenvalue weighted by molar-refractivity contribution is 14.1. The molecule has 0 aromatic heterocycles. The van der Waals surface area contributed by atoms with E-state index in [1.807, 2.05) is 24.3 Å². The van der Waals surface area contributed by atoms with Crippen LogP contribution in [0.5, 0.6) is 0 Å². The summed E-state index contributed by atoms with van der Waals surface area (Å²) in [5.74, 6) is -0.992. The molecular formula is C11H11IO4. The molecule has 4 nitrogen and oxygen atoms in total. The first-order valence-corrected chi connectivity index (χ1v) is 5.95. The fourth-order valence-corrected chi connectivity index (χ4v) is 2.41. The molecule has 0 saturated carbocycles. The van der Waals surface area contributed by atoms with Crippen molar-refractivity contribution in [1.82, 2.24) is 0 Å². The van der Waals surface area contributed by atoms with Crippen LogP contribution in [0.2, 0.25) is 0 Å². The molecule has 1 heterocycles. The highest BCUT2D eigenvalue weighted by atomic mass is 127. The van der Waals surface area contributed by atoms with Gasteiger partial charge in [-0.15, -0.1) is 0 Å². The smallest absolute Gasteiger partial charge is 0.336 e. The molecule has 5 heteroatoms. The number of benzene rings is 1. The van der Waals surface area contributed by atoms with Crippen LogP contribution in [0.25, 0.3) is 0 Å². The summed E-state index contributed by atoms with van der Waals surface area (Å²) in [7, 11) is 0. The number of aliphatic carboxylic acids is 1. The summed E-state index contributed by atoms with van der Waals surface area (Å²) in [6.45, 7) is 1.70. The number of ether oxygens (including phenoxy) is 2. The van der Waals surface area contributed by atoms with Gasteiger partial charge in [0.05, 0.1) is 0 Å². The fraction of sp³-hybridized carbons (Fsp3) is 0.364. The Morgan fingerprint density at radius 1 is 1.38 bits per heavy atom. The number of rotatable bonds is 2. The maximum atomic E-state index is 11.0. The standard InChI is InChI=1S/C11H11IO4/c1-6-15-9(10(16-6)11(13)14)7-4-2-3-5-8(7)12/h2-6,9-10H,1H3,(H,13,14). The number of carboxylic acids is 1. The van der Waals surface area contributed by atoms with Crippen LogP contribution in [0.15, 0.2) is 24.3 Å². The minimum atomic E-state index is -0.992. The van der Waals surface area contributed by atoms with Crippen molar-refractivity contribution >= 4 is 28.6 Å². The van der Waals surface area contributed by atoms with Crippen LogP contribution in [0.4, 0.5) is 0 Å². The topological polar surface area (TPSA) is 55.8 Å². The monoisotopic (exact) mass is 334 g/mol. The zero-order valence-electron chi connectivity index (χ0n) is 8.59. The second-order valence-corrected chi connectivity index (χ2v) is 4.70. The Bertz CT molecular complexity index is 407. The summed E-state index contributed by atoms with van der Waals surface area (Å²) >= 11 is 2.16. The van der Waals surface area contributed by atoms with Crippen molar-refractivity contribution in [1.29, 1.82) is 0 Å². The number of carbonyl (C=O) groups is 1. The van der Waals surface area contributed by atoms with Crippen molar-refractivity contribution in [3.63, 3.8) is 0 Å². The second kappa shape index (κ2) is 4.68. The summed E-state index contributed by atoms with van der Waals surface area (Å²) < 4.78 is 11.7. The minimum absolute atomic E-state index is 0.484. The quantitative estimate of drug-likeness (QED) is 0.843. The molecule has 0 amide bonds. The molecule has 3 unspecified atom stereocenters. The van der Waals surface area contributed by atoms with Gasteiger partial charge in [0.25, 0.3) is 0 Å².